The normalized spacial score (nSPS) is 19.7. The largest absolute Gasteiger partial charge is 0.497 e. The van der Waals surface area contributed by atoms with Gasteiger partial charge in [-0.15, -0.1) is 0 Å². The molecular weight excluding hydrogens is 439 g/mol. The summed E-state index contributed by atoms with van der Waals surface area (Å²) >= 11 is 0. The van der Waals surface area contributed by atoms with Gasteiger partial charge in [-0.1, -0.05) is 38.1 Å². The number of benzene rings is 2. The molecule has 0 saturated carbocycles. The number of amidine groups is 1. The molecule has 0 unspecified atom stereocenters. The molecule has 3 N–H and O–H groups in total. The number of hydrogen-bond donors (Lipinski definition) is 3. The summed E-state index contributed by atoms with van der Waals surface area (Å²) in [7, 11) is -0.506. The summed E-state index contributed by atoms with van der Waals surface area (Å²) < 4.78 is 24.5. The second kappa shape index (κ2) is 9.82. The third kappa shape index (κ3) is 6.04. The zero-order valence-electron chi connectivity index (χ0n) is 20.0. The van der Waals surface area contributed by atoms with Crippen LogP contribution < -0.4 is 20.7 Å². The average Bonchev–Trinajstić information content (AvgIpc) is 3.15. The van der Waals surface area contributed by atoms with E-state index < -0.39 is 20.4 Å². The first-order chi connectivity index (χ1) is 15.5. The number of ether oxygens (including phenoxy) is 1. The quantitative estimate of drug-likeness (QED) is 0.406. The summed E-state index contributed by atoms with van der Waals surface area (Å²) in [6, 6.07) is 12.5. The molecule has 0 spiro atoms. The lowest BCUT2D eigenvalue weighted by Crippen LogP contribution is -2.46. The Kier molecular flexibility index (Phi) is 7.31. The Morgan fingerprint density at radius 2 is 1.76 bits per heavy atom. The molecule has 1 aliphatic rings. The number of hydrogen-bond acceptors (Lipinski definition) is 4. The summed E-state index contributed by atoms with van der Waals surface area (Å²) in [6.07, 6.45) is 0. The fourth-order valence-corrected chi connectivity index (χ4v) is 3.79. The second-order valence-corrected chi connectivity index (χ2v) is 14.4. The number of anilines is 1. The van der Waals surface area contributed by atoms with E-state index in [0.717, 1.165) is 11.3 Å². The smallest absolute Gasteiger partial charge is 0.319 e. The maximum Gasteiger partial charge on any atom is 0.319 e. The zero-order chi connectivity index (χ0) is 24.2. The van der Waals surface area contributed by atoms with Crippen molar-refractivity contribution < 1.29 is 18.4 Å². The number of nitrogens with one attached hydrogen (secondary N) is 3. The van der Waals surface area contributed by atoms with Crippen LogP contribution in [0.3, 0.4) is 0 Å². The lowest BCUT2D eigenvalue weighted by Gasteiger charge is -2.33. The molecular formula is C24H33FN4O3Si. The Morgan fingerprint density at radius 1 is 1.12 bits per heavy atom. The van der Waals surface area contributed by atoms with Gasteiger partial charge < -0.3 is 25.2 Å². The third-order valence-electron chi connectivity index (χ3n) is 6.31. The highest BCUT2D eigenvalue weighted by atomic mass is 28.4. The van der Waals surface area contributed by atoms with Crippen LogP contribution in [0.25, 0.3) is 0 Å². The van der Waals surface area contributed by atoms with E-state index in [9.17, 15) is 9.18 Å². The van der Waals surface area contributed by atoms with E-state index in [1.165, 1.54) is 24.3 Å². The van der Waals surface area contributed by atoms with Gasteiger partial charge in [0, 0.05) is 18.2 Å². The molecule has 2 aromatic carbocycles. The van der Waals surface area contributed by atoms with Crippen LogP contribution in [0.15, 0.2) is 53.7 Å². The van der Waals surface area contributed by atoms with Gasteiger partial charge in [-0.3, -0.25) is 0 Å². The molecule has 0 bridgehead atoms. The van der Waals surface area contributed by atoms with Crippen LogP contribution in [0, 0.1) is 5.82 Å². The van der Waals surface area contributed by atoms with Crippen LogP contribution in [0.5, 0.6) is 5.75 Å². The summed E-state index contributed by atoms with van der Waals surface area (Å²) in [5.74, 6) is 0.919. The number of rotatable bonds is 6. The summed E-state index contributed by atoms with van der Waals surface area (Å²) in [4.78, 5) is 12.8. The van der Waals surface area contributed by atoms with Crippen LogP contribution in [0.2, 0.25) is 18.1 Å². The number of halogens is 1. The van der Waals surface area contributed by atoms with Crippen molar-refractivity contribution in [1.82, 2.24) is 10.6 Å². The van der Waals surface area contributed by atoms with Gasteiger partial charge >= 0.3 is 6.03 Å². The van der Waals surface area contributed by atoms with Crippen molar-refractivity contribution >= 4 is 25.9 Å². The van der Waals surface area contributed by atoms with Gasteiger partial charge in [0.1, 0.15) is 17.6 Å². The zero-order valence-corrected chi connectivity index (χ0v) is 21.0. The van der Waals surface area contributed by atoms with Gasteiger partial charge in [0.25, 0.3) is 8.32 Å². The monoisotopic (exact) mass is 472 g/mol. The summed E-state index contributed by atoms with van der Waals surface area (Å²) in [5, 5.41) is 13.5. The number of carbonyl (C=O) groups is 1. The molecule has 1 fully saturated rings. The lowest BCUT2D eigenvalue weighted by molar-refractivity contribution is 0.249. The fraction of sp³-hybridized carbons (Fsp3) is 0.417. The average molecular weight is 473 g/mol. The molecule has 9 heteroatoms. The molecule has 0 radical (unpaired) electrons. The van der Waals surface area contributed by atoms with Crippen LogP contribution in [0.4, 0.5) is 14.9 Å². The van der Waals surface area contributed by atoms with Crippen molar-refractivity contribution in [3.05, 3.63) is 59.9 Å². The van der Waals surface area contributed by atoms with E-state index >= 15 is 0 Å². The molecule has 2 atom stereocenters. The number of urea groups is 1. The second-order valence-electron chi connectivity index (χ2n) is 9.67. The minimum atomic E-state index is -2.13. The van der Waals surface area contributed by atoms with Crippen LogP contribution in [-0.4, -0.2) is 39.9 Å². The topological polar surface area (TPSA) is 84.0 Å². The van der Waals surface area contributed by atoms with Crippen LogP contribution in [0.1, 0.15) is 32.3 Å². The molecule has 2 amide bonds. The first-order valence-corrected chi connectivity index (χ1v) is 13.9. The maximum atomic E-state index is 13.2. The highest BCUT2D eigenvalue weighted by molar-refractivity contribution is 6.74. The molecule has 1 saturated heterocycles. The Bertz CT molecular complexity index is 988. The molecule has 33 heavy (non-hydrogen) atoms. The third-order valence-corrected chi connectivity index (χ3v) is 10.5. The summed E-state index contributed by atoms with van der Waals surface area (Å²) in [6.45, 7) is 11.3. The molecule has 3 rings (SSSR count). The van der Waals surface area contributed by atoms with E-state index in [4.69, 9.17) is 9.26 Å². The Morgan fingerprint density at radius 3 is 2.33 bits per heavy atom. The van der Waals surface area contributed by atoms with E-state index in [1.807, 2.05) is 24.3 Å². The van der Waals surface area contributed by atoms with Crippen LogP contribution in [-0.2, 0) is 4.53 Å². The molecule has 1 aliphatic heterocycles. The number of methoxy groups -OCH3 is 1. The van der Waals surface area contributed by atoms with Crippen molar-refractivity contribution in [3.8, 4) is 5.75 Å². The van der Waals surface area contributed by atoms with Crippen molar-refractivity contribution in [2.45, 2.75) is 50.9 Å². The first-order valence-electron chi connectivity index (χ1n) is 11.0. The Labute approximate surface area is 195 Å². The van der Waals surface area contributed by atoms with Crippen molar-refractivity contribution in [1.29, 1.82) is 0 Å². The standard InChI is InChI=1S/C24H33FN4O3Si/c1-24(2,3)33(5,6)32-29-22-21(28-23(30)27-18-11-9-17(25)10-12-18)20(15-26-22)16-7-13-19(31-4)14-8-16/h7-14,20-21H,15H2,1-6H3,(H,26,29)(H2,27,28,30)/t20-,21-/m0/s1. The predicted molar refractivity (Wildman–Crippen MR) is 132 cm³/mol. The molecule has 2 aromatic rings. The van der Waals surface area contributed by atoms with Gasteiger partial charge in [-0.2, -0.15) is 0 Å². The maximum absolute atomic E-state index is 13.2. The number of oxime groups is 1. The van der Waals surface area contributed by atoms with Crippen molar-refractivity contribution in [2.24, 2.45) is 5.16 Å². The highest BCUT2D eigenvalue weighted by Crippen LogP contribution is 2.37. The van der Waals surface area contributed by atoms with Gasteiger partial charge in [0.05, 0.1) is 7.11 Å². The predicted octanol–water partition coefficient (Wildman–Crippen LogP) is 5.05. The number of amides is 2. The Balaban J connectivity index is 1.83. The van der Waals surface area contributed by atoms with Gasteiger partial charge in [0.15, 0.2) is 5.84 Å². The highest BCUT2D eigenvalue weighted by Gasteiger charge is 2.41. The number of nitrogens with zero attached hydrogens (tertiary/aromatic N) is 1. The molecule has 7 nitrogen and oxygen atoms in total. The van der Waals surface area contributed by atoms with E-state index in [1.54, 1.807) is 7.11 Å². The van der Waals surface area contributed by atoms with Crippen LogP contribution >= 0.6 is 0 Å². The summed E-state index contributed by atoms with van der Waals surface area (Å²) in [5.41, 5.74) is 1.53. The SMILES string of the molecule is COc1ccc([C@@H]2CNC(=NO[Si](C)(C)C(C)(C)C)[C@H]2NC(=O)Nc2ccc(F)cc2)cc1. The van der Waals surface area contributed by atoms with Crippen molar-refractivity contribution in [2.75, 3.05) is 19.0 Å². The molecule has 178 valence electrons. The fourth-order valence-electron chi connectivity index (χ4n) is 3.19. The minimum absolute atomic E-state index is 0.00602. The van der Waals surface area contributed by atoms with E-state index in [2.05, 4.69) is 55.0 Å². The number of carbonyl (C=O) groups excluding carboxylic acids is 1. The van der Waals surface area contributed by atoms with Gasteiger partial charge in [-0.05, 0) is 60.1 Å². The van der Waals surface area contributed by atoms with Gasteiger partial charge in [0.2, 0.25) is 0 Å². The van der Waals surface area contributed by atoms with Crippen molar-refractivity contribution in [3.63, 3.8) is 0 Å². The minimum Gasteiger partial charge on any atom is -0.497 e. The first kappa shape index (κ1) is 24.6. The molecule has 0 aromatic heterocycles. The van der Waals surface area contributed by atoms with E-state index in [0.29, 0.717) is 18.1 Å². The van der Waals surface area contributed by atoms with E-state index in [-0.39, 0.29) is 16.8 Å². The Hall–Kier alpha value is -3.07. The lowest BCUT2D eigenvalue weighted by atomic mass is 9.94. The molecule has 0 aliphatic carbocycles. The molecule has 1 heterocycles. The van der Waals surface area contributed by atoms with Gasteiger partial charge in [-0.25, -0.2) is 9.18 Å².